The molecule has 0 heterocycles. The minimum absolute atomic E-state index is 0.0575. The van der Waals surface area contributed by atoms with E-state index in [4.69, 9.17) is 20.6 Å². The lowest BCUT2D eigenvalue weighted by atomic mass is 10.2. The van der Waals surface area contributed by atoms with Gasteiger partial charge < -0.3 is 15.2 Å². The van der Waals surface area contributed by atoms with Crippen molar-refractivity contribution in [1.29, 1.82) is 5.41 Å². The van der Waals surface area contributed by atoms with E-state index < -0.39 is 5.82 Å². The zero-order valence-corrected chi connectivity index (χ0v) is 11.0. The lowest BCUT2D eigenvalue weighted by Crippen LogP contribution is -2.11. The minimum Gasteiger partial charge on any atom is -0.490 e. The average Bonchev–Trinajstić information content (AvgIpc) is 2.43. The summed E-state index contributed by atoms with van der Waals surface area (Å²) >= 11 is 0. The van der Waals surface area contributed by atoms with Gasteiger partial charge in [0.05, 0.1) is 6.61 Å². The molecule has 0 unspecified atom stereocenters. The van der Waals surface area contributed by atoms with Crippen LogP contribution in [0.5, 0.6) is 17.2 Å². The van der Waals surface area contributed by atoms with Crippen molar-refractivity contribution < 1.29 is 13.9 Å². The number of amidine groups is 1. The first-order chi connectivity index (χ1) is 9.61. The molecule has 3 N–H and O–H groups in total. The van der Waals surface area contributed by atoms with Crippen LogP contribution in [-0.2, 0) is 0 Å². The first-order valence-electron chi connectivity index (χ1n) is 6.15. The Kier molecular flexibility index (Phi) is 4.20. The number of para-hydroxylation sites is 2. The fourth-order valence-electron chi connectivity index (χ4n) is 1.68. The quantitative estimate of drug-likeness (QED) is 0.649. The monoisotopic (exact) mass is 274 g/mol. The highest BCUT2D eigenvalue weighted by Gasteiger charge is 2.10. The zero-order chi connectivity index (χ0) is 14.5. The summed E-state index contributed by atoms with van der Waals surface area (Å²) in [4.78, 5) is 0. The van der Waals surface area contributed by atoms with Crippen LogP contribution in [-0.4, -0.2) is 12.4 Å². The molecule has 104 valence electrons. The summed E-state index contributed by atoms with van der Waals surface area (Å²) in [5, 5.41) is 7.26. The van der Waals surface area contributed by atoms with Crippen molar-refractivity contribution in [1.82, 2.24) is 0 Å². The minimum atomic E-state index is -0.580. The molecule has 0 atom stereocenters. The molecule has 2 aromatic carbocycles. The van der Waals surface area contributed by atoms with E-state index in [-0.39, 0.29) is 11.6 Å². The number of nitrogen functional groups attached to an aromatic ring is 1. The topological polar surface area (TPSA) is 68.3 Å². The second kappa shape index (κ2) is 6.06. The Labute approximate surface area is 116 Å². The summed E-state index contributed by atoms with van der Waals surface area (Å²) in [5.74, 6) is 0.269. The van der Waals surface area contributed by atoms with E-state index in [0.717, 1.165) is 0 Å². The molecule has 0 spiro atoms. The predicted octanol–water partition coefficient (Wildman–Crippen LogP) is 3.30. The zero-order valence-electron chi connectivity index (χ0n) is 11.0. The molecule has 2 rings (SSSR count). The van der Waals surface area contributed by atoms with Gasteiger partial charge in [-0.2, -0.15) is 0 Å². The smallest absolute Gasteiger partial charge is 0.169 e. The van der Waals surface area contributed by atoms with Gasteiger partial charge in [0.2, 0.25) is 0 Å². The van der Waals surface area contributed by atoms with Gasteiger partial charge in [-0.15, -0.1) is 0 Å². The highest BCUT2D eigenvalue weighted by molar-refractivity contribution is 5.95. The van der Waals surface area contributed by atoms with Gasteiger partial charge in [0.25, 0.3) is 0 Å². The number of ether oxygens (including phenoxy) is 2. The molecule has 0 saturated carbocycles. The number of halogens is 1. The molecule has 0 radical (unpaired) electrons. The van der Waals surface area contributed by atoms with E-state index in [1.54, 1.807) is 18.2 Å². The van der Waals surface area contributed by atoms with Crippen molar-refractivity contribution in [2.75, 3.05) is 6.61 Å². The van der Waals surface area contributed by atoms with Crippen LogP contribution >= 0.6 is 0 Å². The van der Waals surface area contributed by atoms with Gasteiger partial charge in [-0.3, -0.25) is 5.41 Å². The third kappa shape index (κ3) is 3.06. The first kappa shape index (κ1) is 13.9. The van der Waals surface area contributed by atoms with Crippen LogP contribution in [0.3, 0.4) is 0 Å². The Hall–Kier alpha value is -2.56. The second-order valence-corrected chi connectivity index (χ2v) is 4.04. The van der Waals surface area contributed by atoms with Gasteiger partial charge in [0, 0.05) is 5.56 Å². The normalized spacial score (nSPS) is 10.1. The Bertz CT molecular complexity index is 629. The number of benzene rings is 2. The van der Waals surface area contributed by atoms with E-state index >= 15 is 0 Å². The van der Waals surface area contributed by atoms with Gasteiger partial charge in [0.1, 0.15) is 5.84 Å². The summed E-state index contributed by atoms with van der Waals surface area (Å²) in [6.07, 6.45) is 0. The number of nitrogens with one attached hydrogen (secondary N) is 1. The number of rotatable bonds is 5. The van der Waals surface area contributed by atoms with Gasteiger partial charge >= 0.3 is 0 Å². The summed E-state index contributed by atoms with van der Waals surface area (Å²) in [6.45, 7) is 2.35. The van der Waals surface area contributed by atoms with Crippen LogP contribution in [0, 0.1) is 11.2 Å². The Balaban J connectivity index is 2.28. The predicted molar refractivity (Wildman–Crippen MR) is 75.1 cm³/mol. The summed E-state index contributed by atoms with van der Waals surface area (Å²) in [5.41, 5.74) is 5.62. The van der Waals surface area contributed by atoms with Crippen LogP contribution in [0.1, 0.15) is 12.5 Å². The Morgan fingerprint density at radius 3 is 2.45 bits per heavy atom. The van der Waals surface area contributed by atoms with Crippen LogP contribution < -0.4 is 15.2 Å². The molecule has 0 saturated heterocycles. The highest BCUT2D eigenvalue weighted by atomic mass is 19.1. The van der Waals surface area contributed by atoms with Crippen molar-refractivity contribution in [3.05, 3.63) is 53.8 Å². The molecule has 0 bridgehead atoms. The molecule has 20 heavy (non-hydrogen) atoms. The fourth-order valence-corrected chi connectivity index (χ4v) is 1.68. The van der Waals surface area contributed by atoms with E-state index in [1.165, 1.54) is 18.2 Å². The molecule has 0 aromatic heterocycles. The molecular formula is C15H15FN2O2. The van der Waals surface area contributed by atoms with Crippen LogP contribution in [0.4, 0.5) is 4.39 Å². The van der Waals surface area contributed by atoms with Crippen molar-refractivity contribution >= 4 is 5.84 Å². The number of hydrogen-bond donors (Lipinski definition) is 2. The van der Waals surface area contributed by atoms with E-state index in [9.17, 15) is 4.39 Å². The van der Waals surface area contributed by atoms with Gasteiger partial charge in [-0.1, -0.05) is 12.1 Å². The number of nitrogens with two attached hydrogens (primary N) is 1. The largest absolute Gasteiger partial charge is 0.490 e. The Morgan fingerprint density at radius 2 is 1.85 bits per heavy atom. The van der Waals surface area contributed by atoms with E-state index in [1.807, 2.05) is 13.0 Å². The summed E-state index contributed by atoms with van der Waals surface area (Å²) in [6, 6.07) is 11.2. The van der Waals surface area contributed by atoms with Crippen molar-refractivity contribution in [2.24, 2.45) is 5.73 Å². The average molecular weight is 274 g/mol. The van der Waals surface area contributed by atoms with Gasteiger partial charge in [-0.05, 0) is 37.3 Å². The van der Waals surface area contributed by atoms with Crippen molar-refractivity contribution in [3.63, 3.8) is 0 Å². The van der Waals surface area contributed by atoms with E-state index in [0.29, 0.717) is 23.7 Å². The van der Waals surface area contributed by atoms with Gasteiger partial charge in [0.15, 0.2) is 23.1 Å². The molecule has 0 fully saturated rings. The standard InChI is InChI=1S/C15H15FN2O2/c1-2-19-13-5-3-4-6-14(13)20-12-8-7-10(15(17)18)9-11(12)16/h3-9H,2H2,1H3,(H3,17,18). The van der Waals surface area contributed by atoms with E-state index in [2.05, 4.69) is 0 Å². The molecule has 2 aromatic rings. The summed E-state index contributed by atoms with van der Waals surface area (Å²) < 4.78 is 24.8. The highest BCUT2D eigenvalue weighted by Crippen LogP contribution is 2.32. The van der Waals surface area contributed by atoms with Crippen molar-refractivity contribution in [3.8, 4) is 17.2 Å². The van der Waals surface area contributed by atoms with Crippen molar-refractivity contribution in [2.45, 2.75) is 6.92 Å². The van der Waals surface area contributed by atoms with Gasteiger partial charge in [-0.25, -0.2) is 4.39 Å². The molecule has 4 nitrogen and oxygen atoms in total. The second-order valence-electron chi connectivity index (χ2n) is 4.04. The third-order valence-corrected chi connectivity index (χ3v) is 2.61. The maximum Gasteiger partial charge on any atom is 0.169 e. The number of hydrogen-bond acceptors (Lipinski definition) is 3. The van der Waals surface area contributed by atoms with Crippen LogP contribution in [0.25, 0.3) is 0 Å². The fraction of sp³-hybridized carbons (Fsp3) is 0.133. The molecule has 0 aliphatic heterocycles. The van der Waals surface area contributed by atoms with Crippen LogP contribution in [0.15, 0.2) is 42.5 Å². The molecular weight excluding hydrogens is 259 g/mol. The lowest BCUT2D eigenvalue weighted by Gasteiger charge is -2.12. The maximum absolute atomic E-state index is 13.9. The SMILES string of the molecule is CCOc1ccccc1Oc1ccc(C(=N)N)cc1F. The summed E-state index contributed by atoms with van der Waals surface area (Å²) in [7, 11) is 0. The molecule has 0 aliphatic rings. The first-order valence-corrected chi connectivity index (χ1v) is 6.15. The maximum atomic E-state index is 13.9. The van der Waals surface area contributed by atoms with Crippen LogP contribution in [0.2, 0.25) is 0 Å². The lowest BCUT2D eigenvalue weighted by molar-refractivity contribution is 0.319. The molecule has 0 amide bonds. The molecule has 5 heteroatoms. The molecule has 0 aliphatic carbocycles. The third-order valence-electron chi connectivity index (χ3n) is 2.61. The Morgan fingerprint density at radius 1 is 1.15 bits per heavy atom.